The van der Waals surface area contributed by atoms with Crippen molar-refractivity contribution in [2.45, 2.75) is 17.5 Å². The Kier molecular flexibility index (Phi) is 5.08. The SMILES string of the molecule is CN1CCOCC1c1n[nH]c(CNS(=O)(=O)c2c(F)cccc2F)n1. The van der Waals surface area contributed by atoms with Crippen LogP contribution in [0.15, 0.2) is 23.1 Å². The Morgan fingerprint density at radius 3 is 2.80 bits per heavy atom. The molecule has 1 fully saturated rings. The van der Waals surface area contributed by atoms with Gasteiger partial charge in [0.05, 0.1) is 25.8 Å². The molecule has 0 bridgehead atoms. The van der Waals surface area contributed by atoms with Crippen LogP contribution in [0.4, 0.5) is 8.78 Å². The van der Waals surface area contributed by atoms with Gasteiger partial charge < -0.3 is 4.74 Å². The van der Waals surface area contributed by atoms with Gasteiger partial charge in [0, 0.05) is 6.54 Å². The number of likely N-dealkylation sites (N-methyl/N-ethyl adjacent to an activating group) is 1. The van der Waals surface area contributed by atoms with E-state index in [0.717, 1.165) is 24.7 Å². The highest BCUT2D eigenvalue weighted by atomic mass is 32.2. The predicted molar refractivity (Wildman–Crippen MR) is 83.0 cm³/mol. The number of aromatic amines is 1. The van der Waals surface area contributed by atoms with E-state index in [4.69, 9.17) is 4.74 Å². The van der Waals surface area contributed by atoms with Crippen LogP contribution in [-0.2, 0) is 21.3 Å². The summed E-state index contributed by atoms with van der Waals surface area (Å²) < 4.78 is 59.0. The van der Waals surface area contributed by atoms with Crippen molar-refractivity contribution in [1.29, 1.82) is 0 Å². The minimum Gasteiger partial charge on any atom is -0.378 e. The van der Waals surface area contributed by atoms with Gasteiger partial charge in [0.25, 0.3) is 0 Å². The number of sulfonamides is 1. The third-order valence-electron chi connectivity index (χ3n) is 3.86. The second-order valence-electron chi connectivity index (χ2n) is 5.59. The van der Waals surface area contributed by atoms with E-state index in [2.05, 4.69) is 19.9 Å². The zero-order valence-corrected chi connectivity index (χ0v) is 14.2. The lowest BCUT2D eigenvalue weighted by molar-refractivity contribution is 0.00193. The second-order valence-corrected chi connectivity index (χ2v) is 7.29. The van der Waals surface area contributed by atoms with Crippen LogP contribution in [0, 0.1) is 11.6 Å². The van der Waals surface area contributed by atoms with E-state index in [-0.39, 0.29) is 18.4 Å². The highest BCUT2D eigenvalue weighted by Gasteiger charge is 2.26. The Hall–Kier alpha value is -1.95. The smallest absolute Gasteiger partial charge is 0.246 e. The van der Waals surface area contributed by atoms with Gasteiger partial charge in [-0.05, 0) is 19.2 Å². The molecule has 3 rings (SSSR count). The molecule has 0 saturated carbocycles. The lowest BCUT2D eigenvalue weighted by Crippen LogP contribution is -2.37. The van der Waals surface area contributed by atoms with Gasteiger partial charge in [-0.2, -0.15) is 5.10 Å². The summed E-state index contributed by atoms with van der Waals surface area (Å²) in [5.74, 6) is -1.62. The van der Waals surface area contributed by atoms with E-state index < -0.39 is 26.6 Å². The largest absolute Gasteiger partial charge is 0.378 e. The van der Waals surface area contributed by atoms with E-state index in [1.54, 1.807) is 0 Å². The van der Waals surface area contributed by atoms with Crippen molar-refractivity contribution in [2.75, 3.05) is 26.8 Å². The molecule has 1 unspecified atom stereocenters. The molecule has 0 aliphatic carbocycles. The molecular weight excluding hydrogens is 356 g/mol. The van der Waals surface area contributed by atoms with E-state index in [1.807, 2.05) is 11.9 Å². The first-order chi connectivity index (χ1) is 11.9. The maximum Gasteiger partial charge on any atom is 0.246 e. The Morgan fingerprint density at radius 1 is 1.40 bits per heavy atom. The molecule has 1 aliphatic rings. The topological polar surface area (TPSA) is 100 Å². The Balaban J connectivity index is 1.72. The molecule has 0 amide bonds. The fraction of sp³-hybridized carbons (Fsp3) is 0.429. The van der Waals surface area contributed by atoms with Gasteiger partial charge in [0.2, 0.25) is 10.0 Å². The first-order valence-electron chi connectivity index (χ1n) is 7.51. The average Bonchev–Trinajstić information content (AvgIpc) is 3.02. The minimum absolute atomic E-state index is 0.139. The number of aromatic nitrogens is 3. The number of nitrogens with one attached hydrogen (secondary N) is 2. The van der Waals surface area contributed by atoms with Crippen molar-refractivity contribution < 1.29 is 21.9 Å². The molecule has 8 nitrogen and oxygen atoms in total. The van der Waals surface area contributed by atoms with Crippen LogP contribution < -0.4 is 4.72 Å². The van der Waals surface area contributed by atoms with E-state index in [9.17, 15) is 17.2 Å². The summed E-state index contributed by atoms with van der Waals surface area (Å²) in [5, 5.41) is 6.68. The highest BCUT2D eigenvalue weighted by molar-refractivity contribution is 7.89. The molecule has 25 heavy (non-hydrogen) atoms. The standard InChI is InChI=1S/C14H17F2N5O3S/c1-21-5-6-24-8-11(21)14-18-12(19-20-14)7-17-25(22,23)13-9(15)3-2-4-10(13)16/h2-4,11,17H,5-8H2,1H3,(H,18,19,20). The number of nitrogens with zero attached hydrogens (tertiary/aromatic N) is 3. The molecule has 2 heterocycles. The van der Waals surface area contributed by atoms with Crippen molar-refractivity contribution >= 4 is 10.0 Å². The monoisotopic (exact) mass is 373 g/mol. The van der Waals surface area contributed by atoms with Crippen molar-refractivity contribution in [1.82, 2.24) is 24.8 Å². The fourth-order valence-electron chi connectivity index (χ4n) is 2.47. The van der Waals surface area contributed by atoms with Crippen molar-refractivity contribution in [3.63, 3.8) is 0 Å². The van der Waals surface area contributed by atoms with Crippen LogP contribution in [0.2, 0.25) is 0 Å². The number of benzene rings is 1. The van der Waals surface area contributed by atoms with Gasteiger partial charge in [0.1, 0.15) is 17.5 Å². The molecule has 1 aromatic heterocycles. The van der Waals surface area contributed by atoms with Gasteiger partial charge >= 0.3 is 0 Å². The normalized spacial score (nSPS) is 19.2. The third kappa shape index (κ3) is 3.84. The molecule has 2 N–H and O–H groups in total. The average molecular weight is 373 g/mol. The Bertz CT molecular complexity index is 838. The van der Waals surface area contributed by atoms with Crippen LogP contribution in [-0.4, -0.2) is 55.3 Å². The lowest BCUT2D eigenvalue weighted by Gasteiger charge is -2.30. The van der Waals surface area contributed by atoms with Gasteiger partial charge in [-0.3, -0.25) is 10.00 Å². The highest BCUT2D eigenvalue weighted by Crippen LogP contribution is 2.20. The zero-order valence-electron chi connectivity index (χ0n) is 13.4. The molecule has 0 radical (unpaired) electrons. The van der Waals surface area contributed by atoms with Gasteiger partial charge in [-0.15, -0.1) is 0 Å². The molecule has 0 spiro atoms. The van der Waals surface area contributed by atoms with Crippen molar-refractivity contribution in [3.05, 3.63) is 41.5 Å². The molecule has 1 saturated heterocycles. The van der Waals surface area contributed by atoms with Crippen molar-refractivity contribution in [3.8, 4) is 0 Å². The molecular formula is C14H17F2N5O3S. The zero-order chi connectivity index (χ0) is 18.0. The van der Waals surface area contributed by atoms with Crippen LogP contribution in [0.3, 0.4) is 0 Å². The minimum atomic E-state index is -4.37. The first-order valence-corrected chi connectivity index (χ1v) is 8.99. The fourth-order valence-corrected chi connectivity index (χ4v) is 3.59. The van der Waals surface area contributed by atoms with E-state index in [0.29, 0.717) is 19.0 Å². The number of morpholine rings is 1. The number of H-pyrrole nitrogens is 1. The summed E-state index contributed by atoms with van der Waals surface area (Å²) in [7, 11) is -2.46. The van der Waals surface area contributed by atoms with E-state index >= 15 is 0 Å². The summed E-state index contributed by atoms with van der Waals surface area (Å²) in [6.45, 7) is 1.51. The number of ether oxygens (including phenoxy) is 1. The van der Waals surface area contributed by atoms with E-state index in [1.165, 1.54) is 0 Å². The maximum atomic E-state index is 13.6. The molecule has 136 valence electrons. The van der Waals surface area contributed by atoms with Crippen LogP contribution in [0.25, 0.3) is 0 Å². The molecule has 1 aromatic carbocycles. The van der Waals surface area contributed by atoms with Crippen LogP contribution >= 0.6 is 0 Å². The predicted octanol–water partition coefficient (Wildman–Crippen LogP) is 0.564. The third-order valence-corrected chi connectivity index (χ3v) is 5.31. The molecule has 2 aromatic rings. The Labute approximate surface area is 143 Å². The number of rotatable bonds is 5. The van der Waals surface area contributed by atoms with Gasteiger partial charge in [-0.25, -0.2) is 26.9 Å². The summed E-state index contributed by atoms with van der Waals surface area (Å²) in [5.41, 5.74) is 0. The van der Waals surface area contributed by atoms with Crippen molar-refractivity contribution in [2.24, 2.45) is 0 Å². The summed E-state index contributed by atoms with van der Waals surface area (Å²) in [6.07, 6.45) is 0. The molecule has 11 heteroatoms. The molecule has 1 aliphatic heterocycles. The number of hydrogen-bond donors (Lipinski definition) is 2. The summed E-state index contributed by atoms with van der Waals surface area (Å²) >= 11 is 0. The lowest BCUT2D eigenvalue weighted by atomic mass is 10.2. The van der Waals surface area contributed by atoms with Crippen LogP contribution in [0.5, 0.6) is 0 Å². The number of halogens is 2. The quantitative estimate of drug-likeness (QED) is 0.795. The first kappa shape index (κ1) is 17.9. The number of hydrogen-bond acceptors (Lipinski definition) is 6. The van der Waals surface area contributed by atoms with Gasteiger partial charge in [0.15, 0.2) is 10.7 Å². The van der Waals surface area contributed by atoms with Crippen LogP contribution in [0.1, 0.15) is 17.7 Å². The van der Waals surface area contributed by atoms with Gasteiger partial charge in [-0.1, -0.05) is 6.07 Å². The maximum absolute atomic E-state index is 13.6. The molecule has 1 atom stereocenters. The Morgan fingerprint density at radius 2 is 2.12 bits per heavy atom. The summed E-state index contributed by atoms with van der Waals surface area (Å²) in [6, 6.07) is 2.71. The summed E-state index contributed by atoms with van der Waals surface area (Å²) in [4.78, 5) is 5.23. The second kappa shape index (κ2) is 7.12.